The van der Waals surface area contributed by atoms with Crippen molar-refractivity contribution >= 4 is 24.3 Å². The van der Waals surface area contributed by atoms with Gasteiger partial charge in [0.2, 0.25) is 0 Å². The molecule has 0 saturated carbocycles. The second-order valence-corrected chi connectivity index (χ2v) is 5.65. The van der Waals surface area contributed by atoms with Gasteiger partial charge in [-0.1, -0.05) is 85.0 Å². The Hall–Kier alpha value is -2.90. The molecule has 0 atom stereocenters. The van der Waals surface area contributed by atoms with Gasteiger partial charge in [0, 0.05) is 0 Å². The Kier molecular flexibility index (Phi) is 5.39. The first-order chi connectivity index (χ1) is 11.8. The monoisotopic (exact) mass is 312 g/mol. The van der Waals surface area contributed by atoms with Crippen LogP contribution >= 0.6 is 0 Å². The SMILES string of the molecule is OCc1cc(/C=C/c2ccccc2)cc(/C=C/c2ccccc2)c1. The molecular formula is C23H20O. The molecule has 1 nitrogen and oxygen atoms in total. The van der Waals surface area contributed by atoms with Gasteiger partial charge in [-0.15, -0.1) is 0 Å². The number of rotatable bonds is 5. The van der Waals surface area contributed by atoms with Crippen LogP contribution in [-0.4, -0.2) is 5.11 Å². The lowest BCUT2D eigenvalue weighted by Crippen LogP contribution is -1.87. The summed E-state index contributed by atoms with van der Waals surface area (Å²) in [6, 6.07) is 26.6. The molecule has 0 aromatic heterocycles. The van der Waals surface area contributed by atoms with Gasteiger partial charge in [0.1, 0.15) is 0 Å². The van der Waals surface area contributed by atoms with Crippen LogP contribution in [0.25, 0.3) is 24.3 Å². The number of hydrogen-bond donors (Lipinski definition) is 1. The molecule has 118 valence electrons. The fourth-order valence-corrected chi connectivity index (χ4v) is 2.54. The van der Waals surface area contributed by atoms with Crippen LogP contribution in [0.2, 0.25) is 0 Å². The van der Waals surface area contributed by atoms with E-state index in [1.807, 2.05) is 48.5 Å². The second kappa shape index (κ2) is 8.09. The molecule has 0 fully saturated rings. The van der Waals surface area contributed by atoms with E-state index in [0.29, 0.717) is 0 Å². The zero-order valence-electron chi connectivity index (χ0n) is 13.5. The van der Waals surface area contributed by atoms with E-state index >= 15 is 0 Å². The highest BCUT2D eigenvalue weighted by atomic mass is 16.3. The molecule has 0 spiro atoms. The average molecular weight is 312 g/mol. The predicted molar refractivity (Wildman–Crippen MR) is 103 cm³/mol. The molecule has 3 rings (SSSR count). The van der Waals surface area contributed by atoms with Gasteiger partial charge < -0.3 is 5.11 Å². The zero-order chi connectivity index (χ0) is 16.6. The molecule has 24 heavy (non-hydrogen) atoms. The summed E-state index contributed by atoms with van der Waals surface area (Å²) in [5, 5.41) is 9.51. The Morgan fingerprint density at radius 1 is 0.542 bits per heavy atom. The van der Waals surface area contributed by atoms with E-state index in [-0.39, 0.29) is 6.61 Å². The first kappa shape index (κ1) is 16.0. The van der Waals surface area contributed by atoms with Crippen LogP contribution in [0.1, 0.15) is 27.8 Å². The molecular weight excluding hydrogens is 292 g/mol. The lowest BCUT2D eigenvalue weighted by molar-refractivity contribution is 0.282. The minimum Gasteiger partial charge on any atom is -0.392 e. The molecule has 0 aliphatic rings. The van der Waals surface area contributed by atoms with Crippen LogP contribution in [0.4, 0.5) is 0 Å². The fraction of sp³-hybridized carbons (Fsp3) is 0.0435. The predicted octanol–water partition coefficient (Wildman–Crippen LogP) is 5.52. The second-order valence-electron chi connectivity index (χ2n) is 5.65. The van der Waals surface area contributed by atoms with E-state index < -0.39 is 0 Å². The van der Waals surface area contributed by atoms with Crippen molar-refractivity contribution in [3.8, 4) is 0 Å². The summed E-state index contributed by atoms with van der Waals surface area (Å²) in [6.45, 7) is 0.0409. The summed E-state index contributed by atoms with van der Waals surface area (Å²) in [7, 11) is 0. The van der Waals surface area contributed by atoms with Crippen LogP contribution in [0.15, 0.2) is 78.9 Å². The number of aliphatic hydroxyl groups excluding tert-OH is 1. The Morgan fingerprint density at radius 2 is 0.958 bits per heavy atom. The molecule has 0 radical (unpaired) electrons. The van der Waals surface area contributed by atoms with Crippen molar-refractivity contribution in [2.24, 2.45) is 0 Å². The van der Waals surface area contributed by atoms with E-state index in [0.717, 1.165) is 27.8 Å². The third-order valence-electron chi connectivity index (χ3n) is 3.76. The third-order valence-corrected chi connectivity index (χ3v) is 3.76. The van der Waals surface area contributed by atoms with Gasteiger partial charge in [0.25, 0.3) is 0 Å². The maximum atomic E-state index is 9.51. The molecule has 0 aliphatic carbocycles. The first-order valence-electron chi connectivity index (χ1n) is 8.04. The van der Waals surface area contributed by atoms with Crippen molar-refractivity contribution in [2.45, 2.75) is 6.61 Å². The molecule has 3 aromatic rings. The van der Waals surface area contributed by atoms with Crippen molar-refractivity contribution in [1.29, 1.82) is 0 Å². The van der Waals surface area contributed by atoms with Gasteiger partial charge in [-0.25, -0.2) is 0 Å². The minimum absolute atomic E-state index is 0.0409. The molecule has 1 N–H and O–H groups in total. The van der Waals surface area contributed by atoms with Gasteiger partial charge in [-0.3, -0.25) is 0 Å². The fourth-order valence-electron chi connectivity index (χ4n) is 2.54. The van der Waals surface area contributed by atoms with E-state index in [2.05, 4.69) is 54.6 Å². The molecule has 3 aromatic carbocycles. The maximum Gasteiger partial charge on any atom is 0.0682 e. The summed E-state index contributed by atoms with van der Waals surface area (Å²) in [4.78, 5) is 0. The lowest BCUT2D eigenvalue weighted by atomic mass is 10.0. The number of aliphatic hydroxyl groups is 1. The topological polar surface area (TPSA) is 20.2 Å². The van der Waals surface area contributed by atoms with E-state index in [4.69, 9.17) is 0 Å². The Bertz CT molecular complexity index is 763. The molecule has 1 heteroatoms. The molecule has 0 saturated heterocycles. The normalized spacial score (nSPS) is 11.4. The van der Waals surface area contributed by atoms with E-state index in [1.54, 1.807) is 0 Å². The zero-order valence-corrected chi connectivity index (χ0v) is 13.5. The van der Waals surface area contributed by atoms with Gasteiger partial charge in [-0.05, 0) is 46.0 Å². The maximum absolute atomic E-state index is 9.51. The molecule has 0 unspecified atom stereocenters. The van der Waals surface area contributed by atoms with Crippen molar-refractivity contribution in [1.82, 2.24) is 0 Å². The van der Waals surface area contributed by atoms with Crippen LogP contribution in [0.3, 0.4) is 0 Å². The molecule has 0 heterocycles. The van der Waals surface area contributed by atoms with E-state index in [9.17, 15) is 5.11 Å². The standard InChI is InChI=1S/C23H20O/c24-18-23-16-21(13-11-19-7-3-1-4-8-19)15-22(17-23)14-12-20-9-5-2-6-10-20/h1-17,24H,18H2/b13-11+,14-12+. The first-order valence-corrected chi connectivity index (χ1v) is 8.04. The van der Waals surface area contributed by atoms with E-state index in [1.165, 1.54) is 0 Å². The van der Waals surface area contributed by atoms with Crippen LogP contribution in [0.5, 0.6) is 0 Å². The Morgan fingerprint density at radius 3 is 1.38 bits per heavy atom. The van der Waals surface area contributed by atoms with Crippen molar-refractivity contribution in [3.63, 3.8) is 0 Å². The highest BCUT2D eigenvalue weighted by Gasteiger charge is 1.97. The third kappa shape index (κ3) is 4.55. The Balaban J connectivity index is 1.85. The van der Waals surface area contributed by atoms with Gasteiger partial charge in [0.15, 0.2) is 0 Å². The van der Waals surface area contributed by atoms with Gasteiger partial charge >= 0.3 is 0 Å². The van der Waals surface area contributed by atoms with Gasteiger partial charge in [-0.2, -0.15) is 0 Å². The van der Waals surface area contributed by atoms with Crippen molar-refractivity contribution < 1.29 is 5.11 Å². The molecule has 0 bridgehead atoms. The summed E-state index contributed by atoms with van der Waals surface area (Å²) in [6.07, 6.45) is 8.32. The van der Waals surface area contributed by atoms with Crippen LogP contribution in [0, 0.1) is 0 Å². The summed E-state index contributed by atoms with van der Waals surface area (Å²) < 4.78 is 0. The average Bonchev–Trinajstić information content (AvgIpc) is 2.66. The molecule has 0 aliphatic heterocycles. The summed E-state index contributed by atoms with van der Waals surface area (Å²) >= 11 is 0. The summed E-state index contributed by atoms with van der Waals surface area (Å²) in [5.41, 5.74) is 5.40. The largest absolute Gasteiger partial charge is 0.392 e. The van der Waals surface area contributed by atoms with Crippen LogP contribution in [-0.2, 0) is 6.61 Å². The number of hydrogen-bond acceptors (Lipinski definition) is 1. The smallest absolute Gasteiger partial charge is 0.0682 e. The lowest BCUT2D eigenvalue weighted by Gasteiger charge is -2.03. The van der Waals surface area contributed by atoms with Crippen LogP contribution < -0.4 is 0 Å². The highest BCUT2D eigenvalue weighted by Crippen LogP contribution is 2.16. The number of benzene rings is 3. The highest BCUT2D eigenvalue weighted by molar-refractivity contribution is 5.74. The minimum atomic E-state index is 0.0409. The Labute approximate surface area is 143 Å². The van der Waals surface area contributed by atoms with Gasteiger partial charge in [0.05, 0.1) is 6.61 Å². The van der Waals surface area contributed by atoms with Crippen molar-refractivity contribution in [3.05, 3.63) is 107 Å². The summed E-state index contributed by atoms with van der Waals surface area (Å²) in [5.74, 6) is 0. The molecule has 0 amide bonds. The quantitative estimate of drug-likeness (QED) is 0.615. The van der Waals surface area contributed by atoms with Crippen molar-refractivity contribution in [2.75, 3.05) is 0 Å².